The molecule has 3 aromatic heterocycles. The number of carbonyl (C=O) groups excluding carboxylic acids is 1. The van der Waals surface area contributed by atoms with Crippen molar-refractivity contribution in [2.24, 2.45) is 17.6 Å². The number of aryl methyl sites for hydroxylation is 1. The van der Waals surface area contributed by atoms with Crippen LogP contribution in [0.15, 0.2) is 54.9 Å². The van der Waals surface area contributed by atoms with Crippen molar-refractivity contribution in [1.29, 1.82) is 0 Å². The highest BCUT2D eigenvalue weighted by Crippen LogP contribution is 2.48. The van der Waals surface area contributed by atoms with Crippen molar-refractivity contribution in [3.63, 3.8) is 0 Å². The molecule has 1 aliphatic heterocycles. The minimum atomic E-state index is -2.89. The van der Waals surface area contributed by atoms with E-state index in [1.54, 1.807) is 30.6 Å². The summed E-state index contributed by atoms with van der Waals surface area (Å²) in [6.07, 6.45) is 3.24. The smallest absolute Gasteiger partial charge is 0.387 e. The summed E-state index contributed by atoms with van der Waals surface area (Å²) in [6, 6.07) is 11.7. The maximum atomic E-state index is 13.3. The van der Waals surface area contributed by atoms with E-state index in [9.17, 15) is 13.6 Å². The summed E-state index contributed by atoms with van der Waals surface area (Å²) in [5, 5.41) is 0.623. The maximum Gasteiger partial charge on any atom is 0.387 e. The molecule has 1 amide bonds. The first kappa shape index (κ1) is 27.2. The van der Waals surface area contributed by atoms with Gasteiger partial charge in [-0.1, -0.05) is 0 Å². The van der Waals surface area contributed by atoms with Gasteiger partial charge in [-0.05, 0) is 62.7 Å². The number of pyridine rings is 1. The molecule has 2 aliphatic rings. The Hall–Kier alpha value is -4.03. The van der Waals surface area contributed by atoms with Gasteiger partial charge in [0.05, 0.1) is 11.4 Å². The molecule has 2 N–H and O–H groups in total. The molecule has 212 valence electrons. The van der Waals surface area contributed by atoms with Gasteiger partial charge in [0.2, 0.25) is 5.88 Å². The summed E-state index contributed by atoms with van der Waals surface area (Å²) < 4.78 is 35.9. The van der Waals surface area contributed by atoms with Crippen molar-refractivity contribution in [3.8, 4) is 33.7 Å². The molecule has 0 radical (unpaired) electrons. The number of likely N-dealkylation sites (tertiary alicyclic amines) is 1. The molecular formula is C29H28F2N6O3S. The lowest BCUT2D eigenvalue weighted by molar-refractivity contribution is -0.0498. The number of aromatic nitrogens is 4. The van der Waals surface area contributed by atoms with Crippen LogP contribution in [0.25, 0.3) is 22.1 Å². The van der Waals surface area contributed by atoms with Gasteiger partial charge >= 0.3 is 6.61 Å². The van der Waals surface area contributed by atoms with E-state index >= 15 is 0 Å². The molecule has 0 bridgehead atoms. The number of carbonyl (C=O) groups is 1. The number of fused-ring (bicyclic) bond motifs is 1. The zero-order chi connectivity index (χ0) is 28.9. The monoisotopic (exact) mass is 578 g/mol. The lowest BCUT2D eigenvalue weighted by Crippen LogP contribution is -2.33. The van der Waals surface area contributed by atoms with Crippen LogP contribution in [0.5, 0.6) is 11.6 Å². The van der Waals surface area contributed by atoms with E-state index in [4.69, 9.17) is 15.5 Å². The number of nitrogens with two attached hydrogens (primary N) is 1. The Morgan fingerprint density at radius 1 is 1.10 bits per heavy atom. The third kappa shape index (κ3) is 5.62. The van der Waals surface area contributed by atoms with Crippen LogP contribution in [0.3, 0.4) is 0 Å². The molecule has 9 nitrogen and oxygen atoms in total. The minimum absolute atomic E-state index is 0.0420. The van der Waals surface area contributed by atoms with Gasteiger partial charge in [-0.15, -0.1) is 11.3 Å². The number of hydrogen-bond acceptors (Lipinski definition) is 9. The van der Waals surface area contributed by atoms with Crippen molar-refractivity contribution < 1.29 is 23.0 Å². The van der Waals surface area contributed by atoms with Crippen LogP contribution in [-0.4, -0.2) is 56.5 Å². The molecule has 0 unspecified atom stereocenters. The number of hydrogen-bond donors (Lipinski definition) is 1. The van der Waals surface area contributed by atoms with E-state index in [0.717, 1.165) is 11.1 Å². The Kier molecular flexibility index (Phi) is 6.90. The van der Waals surface area contributed by atoms with E-state index in [-0.39, 0.29) is 29.6 Å². The van der Waals surface area contributed by atoms with Gasteiger partial charge in [-0.25, -0.2) is 19.9 Å². The fourth-order valence-corrected chi connectivity index (χ4v) is 6.07. The normalized spacial score (nSPS) is 19.8. The quantitative estimate of drug-likeness (QED) is 0.313. The van der Waals surface area contributed by atoms with Crippen molar-refractivity contribution in [3.05, 3.63) is 71.0 Å². The molecule has 1 aromatic carbocycles. The first-order valence-corrected chi connectivity index (χ1v) is 14.0. The molecule has 1 aliphatic carbocycles. The lowest BCUT2D eigenvalue weighted by Gasteiger charge is -2.22. The fraction of sp³-hybridized carbons (Fsp3) is 0.345. The van der Waals surface area contributed by atoms with Crippen molar-refractivity contribution in [2.75, 3.05) is 13.1 Å². The molecule has 1 saturated carbocycles. The van der Waals surface area contributed by atoms with E-state index in [2.05, 4.69) is 19.7 Å². The Labute approximate surface area is 239 Å². The minimum Gasteiger partial charge on any atom is -0.474 e. The van der Waals surface area contributed by atoms with Crippen LogP contribution >= 0.6 is 11.3 Å². The van der Waals surface area contributed by atoms with E-state index in [0.29, 0.717) is 46.1 Å². The topological polar surface area (TPSA) is 116 Å². The van der Waals surface area contributed by atoms with Gasteiger partial charge < -0.3 is 20.1 Å². The van der Waals surface area contributed by atoms with Crippen LogP contribution in [0.1, 0.15) is 34.8 Å². The Morgan fingerprint density at radius 3 is 2.41 bits per heavy atom. The number of thiazole rings is 1. The average Bonchev–Trinajstić information content (AvgIpc) is 3.26. The highest BCUT2D eigenvalue weighted by Gasteiger charge is 2.59. The summed E-state index contributed by atoms with van der Waals surface area (Å²) in [7, 11) is 0. The molecule has 4 heterocycles. The zero-order valence-corrected chi connectivity index (χ0v) is 23.4. The number of alkyl halides is 2. The third-order valence-corrected chi connectivity index (χ3v) is 8.47. The SMILES string of the molecule is Cc1nc(-c2ncccn2)sc1C(=O)N1C[C@@H]2[C@H](C1)[C@@H]2Oc1cc(C(C)(C)N)cc(-c2ccc(OC(F)F)cc2)n1. The first-order valence-electron chi connectivity index (χ1n) is 13.1. The van der Waals surface area contributed by atoms with Crippen LogP contribution in [0, 0.1) is 18.8 Å². The number of amides is 1. The number of ether oxygens (including phenoxy) is 2. The van der Waals surface area contributed by atoms with Gasteiger partial charge in [-0.3, -0.25) is 4.79 Å². The van der Waals surface area contributed by atoms with Gasteiger partial charge in [0.1, 0.15) is 16.7 Å². The Morgan fingerprint density at radius 2 is 1.78 bits per heavy atom. The number of rotatable bonds is 8. The van der Waals surface area contributed by atoms with E-state index in [1.165, 1.54) is 23.5 Å². The van der Waals surface area contributed by atoms with Crippen LogP contribution in [0.4, 0.5) is 8.78 Å². The highest BCUT2D eigenvalue weighted by molar-refractivity contribution is 7.17. The molecule has 1 saturated heterocycles. The predicted molar refractivity (Wildman–Crippen MR) is 149 cm³/mol. The van der Waals surface area contributed by atoms with Gasteiger partial charge in [0.15, 0.2) is 10.8 Å². The average molecular weight is 579 g/mol. The van der Waals surface area contributed by atoms with Crippen LogP contribution in [-0.2, 0) is 5.54 Å². The van der Waals surface area contributed by atoms with E-state index < -0.39 is 12.2 Å². The van der Waals surface area contributed by atoms with Crippen LogP contribution < -0.4 is 15.2 Å². The molecule has 2 fully saturated rings. The Balaban J connectivity index is 1.15. The second-order valence-electron chi connectivity index (χ2n) is 10.8. The second kappa shape index (κ2) is 10.4. The van der Waals surface area contributed by atoms with E-state index in [1.807, 2.05) is 37.8 Å². The van der Waals surface area contributed by atoms with Gasteiger partial charge in [-0.2, -0.15) is 8.78 Å². The second-order valence-corrected chi connectivity index (χ2v) is 11.8. The standard InChI is InChI=1S/C29H28F2N6O3S/c1-15-24(41-26(35-15)25-33-9-4-10-34-25)27(38)37-13-19-20(14-37)23(19)40-22-12-17(29(2,3)32)11-21(36-22)16-5-7-18(8-6-16)39-28(30)31/h4-12,19-20,23,28H,13-14,32H2,1-3H3/t19-,20+,23-. The fourth-order valence-electron chi connectivity index (χ4n) is 5.09. The number of nitrogens with zero attached hydrogens (tertiary/aromatic N) is 5. The summed E-state index contributed by atoms with van der Waals surface area (Å²) >= 11 is 1.31. The molecule has 0 spiro atoms. The largest absolute Gasteiger partial charge is 0.474 e. The van der Waals surface area contributed by atoms with Crippen LogP contribution in [0.2, 0.25) is 0 Å². The van der Waals surface area contributed by atoms with Gasteiger partial charge in [0, 0.05) is 54.5 Å². The lowest BCUT2D eigenvalue weighted by atomic mass is 9.95. The molecular weight excluding hydrogens is 550 g/mol. The maximum absolute atomic E-state index is 13.3. The third-order valence-electron chi connectivity index (χ3n) is 7.33. The number of piperidine rings is 1. The first-order chi connectivity index (χ1) is 19.6. The molecule has 4 aromatic rings. The molecule has 12 heteroatoms. The molecule has 3 atom stereocenters. The zero-order valence-electron chi connectivity index (χ0n) is 22.6. The highest BCUT2D eigenvalue weighted by atomic mass is 32.1. The Bertz CT molecular complexity index is 1560. The summed E-state index contributed by atoms with van der Waals surface area (Å²) in [5.74, 6) is 1.37. The number of benzene rings is 1. The summed E-state index contributed by atoms with van der Waals surface area (Å²) in [4.78, 5) is 33.5. The van der Waals surface area contributed by atoms with Gasteiger partial charge in [0.25, 0.3) is 5.91 Å². The summed E-state index contributed by atoms with van der Waals surface area (Å²) in [6.45, 7) is 3.89. The van der Waals surface area contributed by atoms with Crippen molar-refractivity contribution >= 4 is 17.2 Å². The summed E-state index contributed by atoms with van der Waals surface area (Å²) in [5.41, 5.74) is 8.57. The predicted octanol–water partition coefficient (Wildman–Crippen LogP) is 4.92. The molecule has 6 rings (SSSR count). The molecule has 41 heavy (non-hydrogen) atoms. The van der Waals surface area contributed by atoms with Crippen molar-refractivity contribution in [2.45, 2.75) is 39.0 Å². The van der Waals surface area contributed by atoms with Crippen molar-refractivity contribution in [1.82, 2.24) is 24.8 Å². The number of halogens is 2.